The number of benzene rings is 2. The number of aryl methyl sites for hydroxylation is 2. The summed E-state index contributed by atoms with van der Waals surface area (Å²) in [6.07, 6.45) is 0. The zero-order valence-corrected chi connectivity index (χ0v) is 17.5. The van der Waals surface area contributed by atoms with E-state index in [1.165, 1.54) is 12.1 Å². The van der Waals surface area contributed by atoms with Gasteiger partial charge in [-0.05, 0) is 38.5 Å². The van der Waals surface area contributed by atoms with E-state index in [1.807, 2.05) is 37.3 Å². The summed E-state index contributed by atoms with van der Waals surface area (Å²) in [5.74, 6) is -0.479. The first-order chi connectivity index (χ1) is 14.8. The van der Waals surface area contributed by atoms with Crippen molar-refractivity contribution in [3.05, 3.63) is 92.6 Å². The highest BCUT2D eigenvalue weighted by Gasteiger charge is 2.21. The van der Waals surface area contributed by atoms with Gasteiger partial charge in [-0.15, -0.1) is 0 Å². The first-order valence-electron chi connectivity index (χ1n) is 9.85. The highest BCUT2D eigenvalue weighted by molar-refractivity contribution is 5.92. The molecule has 7 heteroatoms. The van der Waals surface area contributed by atoms with Crippen molar-refractivity contribution >= 4 is 16.9 Å². The second kappa shape index (κ2) is 8.10. The van der Waals surface area contributed by atoms with Crippen LogP contribution in [-0.4, -0.2) is 20.9 Å². The molecule has 0 bridgehead atoms. The van der Waals surface area contributed by atoms with Gasteiger partial charge in [0.2, 0.25) is 0 Å². The van der Waals surface area contributed by atoms with E-state index < -0.39 is 11.6 Å². The maximum absolute atomic E-state index is 12.9. The summed E-state index contributed by atoms with van der Waals surface area (Å²) in [6.45, 7) is 5.70. The molecule has 0 fully saturated rings. The van der Waals surface area contributed by atoms with Crippen LogP contribution in [0.2, 0.25) is 0 Å². The van der Waals surface area contributed by atoms with Crippen LogP contribution >= 0.6 is 0 Å². The van der Waals surface area contributed by atoms with Gasteiger partial charge in [-0.1, -0.05) is 30.3 Å². The highest BCUT2D eigenvalue weighted by atomic mass is 16.5. The number of ether oxygens (including phenoxy) is 1. The third-order valence-corrected chi connectivity index (χ3v) is 5.34. The van der Waals surface area contributed by atoms with E-state index in [2.05, 4.69) is 5.10 Å². The van der Waals surface area contributed by atoms with Crippen molar-refractivity contribution in [3.63, 3.8) is 0 Å². The highest BCUT2D eigenvalue weighted by Crippen LogP contribution is 2.28. The van der Waals surface area contributed by atoms with Crippen LogP contribution < -0.4 is 5.63 Å². The third kappa shape index (κ3) is 3.94. The van der Waals surface area contributed by atoms with E-state index in [0.29, 0.717) is 40.0 Å². The average Bonchev–Trinajstić information content (AvgIpc) is 3.02. The molecule has 2 aromatic heterocycles. The molecule has 4 aromatic rings. The van der Waals surface area contributed by atoms with Gasteiger partial charge in [-0.3, -0.25) is 4.68 Å². The number of nitrogens with zero attached hydrogens (tertiary/aromatic N) is 2. The predicted octanol–water partition coefficient (Wildman–Crippen LogP) is 4.03. The fraction of sp³-hybridized carbons (Fsp3) is 0.208. The van der Waals surface area contributed by atoms with Crippen molar-refractivity contribution < 1.29 is 19.1 Å². The molecular formula is C24H22N2O5. The normalized spacial score (nSPS) is 11.1. The molecule has 2 heterocycles. The number of phenols is 1. The van der Waals surface area contributed by atoms with E-state index in [0.717, 1.165) is 5.56 Å². The Hall–Kier alpha value is -3.87. The maximum atomic E-state index is 12.9. The summed E-state index contributed by atoms with van der Waals surface area (Å²) in [6, 6.07) is 14.3. The Bertz CT molecular complexity index is 1340. The number of fused-ring (bicyclic) bond motifs is 1. The minimum Gasteiger partial charge on any atom is -0.508 e. The Morgan fingerprint density at radius 1 is 1.13 bits per heavy atom. The van der Waals surface area contributed by atoms with Crippen molar-refractivity contribution in [1.29, 1.82) is 0 Å². The van der Waals surface area contributed by atoms with Crippen molar-refractivity contribution in [2.24, 2.45) is 0 Å². The average molecular weight is 418 g/mol. The Labute approximate surface area is 178 Å². The first-order valence-corrected chi connectivity index (χ1v) is 9.85. The van der Waals surface area contributed by atoms with E-state index >= 15 is 0 Å². The van der Waals surface area contributed by atoms with Crippen molar-refractivity contribution in [2.75, 3.05) is 0 Å². The lowest BCUT2D eigenvalue weighted by atomic mass is 10.1. The minimum atomic E-state index is -0.574. The molecule has 31 heavy (non-hydrogen) atoms. The standard InChI is InChI=1S/C24H22N2O5/c1-14-20(27)10-9-19-18(11-21(28)31-23(14)19)13-30-24(29)22-15(2)25-26(16(22)3)12-17-7-5-4-6-8-17/h4-11,27H,12-13H2,1-3H3. The summed E-state index contributed by atoms with van der Waals surface area (Å²) >= 11 is 0. The summed E-state index contributed by atoms with van der Waals surface area (Å²) < 4.78 is 12.5. The maximum Gasteiger partial charge on any atom is 0.342 e. The molecule has 1 N–H and O–H groups in total. The molecule has 0 saturated heterocycles. The van der Waals surface area contributed by atoms with Gasteiger partial charge in [-0.25, -0.2) is 9.59 Å². The molecule has 0 aliphatic heterocycles. The molecule has 0 saturated carbocycles. The largest absolute Gasteiger partial charge is 0.508 e. The number of hydrogen-bond donors (Lipinski definition) is 1. The fourth-order valence-corrected chi connectivity index (χ4v) is 3.65. The van der Waals surface area contributed by atoms with E-state index in [9.17, 15) is 14.7 Å². The molecule has 0 amide bonds. The molecule has 0 spiro atoms. The quantitative estimate of drug-likeness (QED) is 0.388. The van der Waals surface area contributed by atoms with Gasteiger partial charge in [0.25, 0.3) is 0 Å². The molecule has 0 unspecified atom stereocenters. The molecule has 0 aliphatic rings. The molecule has 0 aliphatic carbocycles. The summed E-state index contributed by atoms with van der Waals surface area (Å²) in [5, 5.41) is 15.0. The number of esters is 1. The van der Waals surface area contributed by atoms with Crippen LogP contribution in [0.4, 0.5) is 0 Å². The van der Waals surface area contributed by atoms with E-state index in [4.69, 9.17) is 9.15 Å². The van der Waals surface area contributed by atoms with Crippen LogP contribution in [0.1, 0.15) is 38.4 Å². The molecule has 7 nitrogen and oxygen atoms in total. The second-order valence-electron chi connectivity index (χ2n) is 7.44. The summed E-state index contributed by atoms with van der Waals surface area (Å²) in [7, 11) is 0. The van der Waals surface area contributed by atoms with Gasteiger partial charge >= 0.3 is 11.6 Å². The number of hydrogen-bond acceptors (Lipinski definition) is 6. The number of carbonyl (C=O) groups is 1. The van der Waals surface area contributed by atoms with E-state index in [-0.39, 0.29) is 17.9 Å². The Balaban J connectivity index is 1.59. The third-order valence-electron chi connectivity index (χ3n) is 5.34. The number of aromatic nitrogens is 2. The molecular weight excluding hydrogens is 396 g/mol. The number of rotatable bonds is 5. The van der Waals surface area contributed by atoms with Gasteiger partial charge in [-0.2, -0.15) is 5.10 Å². The van der Waals surface area contributed by atoms with Gasteiger partial charge in [0.1, 0.15) is 23.5 Å². The number of aromatic hydroxyl groups is 1. The smallest absolute Gasteiger partial charge is 0.342 e. The Morgan fingerprint density at radius 2 is 1.87 bits per heavy atom. The van der Waals surface area contributed by atoms with E-state index in [1.54, 1.807) is 24.6 Å². The SMILES string of the molecule is Cc1nn(Cc2ccccc2)c(C)c1C(=O)OCc1cc(=O)oc2c(C)c(O)ccc12. The zero-order chi connectivity index (χ0) is 22.1. The zero-order valence-electron chi connectivity index (χ0n) is 17.5. The lowest BCUT2D eigenvalue weighted by molar-refractivity contribution is 0.0472. The molecule has 2 aromatic carbocycles. The van der Waals surface area contributed by atoms with Crippen molar-refractivity contribution in [3.8, 4) is 5.75 Å². The molecule has 4 rings (SSSR count). The van der Waals surface area contributed by atoms with Crippen LogP contribution in [0.25, 0.3) is 11.0 Å². The van der Waals surface area contributed by atoms with Crippen LogP contribution in [0, 0.1) is 20.8 Å². The monoisotopic (exact) mass is 418 g/mol. The van der Waals surface area contributed by atoms with Crippen molar-refractivity contribution in [2.45, 2.75) is 33.9 Å². The van der Waals surface area contributed by atoms with Gasteiger partial charge in [0.05, 0.1) is 17.9 Å². The molecule has 158 valence electrons. The van der Waals surface area contributed by atoms with Gasteiger partial charge < -0.3 is 14.3 Å². The minimum absolute atomic E-state index is 0.0295. The summed E-state index contributed by atoms with van der Waals surface area (Å²) in [5.41, 5.74) is 3.45. The Morgan fingerprint density at radius 3 is 2.61 bits per heavy atom. The van der Waals surface area contributed by atoms with Gasteiger partial charge in [0.15, 0.2) is 0 Å². The lowest BCUT2D eigenvalue weighted by Crippen LogP contribution is -2.10. The van der Waals surface area contributed by atoms with Crippen LogP contribution in [-0.2, 0) is 17.9 Å². The lowest BCUT2D eigenvalue weighted by Gasteiger charge is -2.10. The second-order valence-corrected chi connectivity index (χ2v) is 7.44. The number of carbonyl (C=O) groups excluding carboxylic acids is 1. The Kier molecular flexibility index (Phi) is 5.33. The topological polar surface area (TPSA) is 94.6 Å². The predicted molar refractivity (Wildman–Crippen MR) is 115 cm³/mol. The van der Waals surface area contributed by atoms with Crippen LogP contribution in [0.15, 0.2) is 57.7 Å². The first kappa shape index (κ1) is 20.4. The summed E-state index contributed by atoms with van der Waals surface area (Å²) in [4.78, 5) is 24.8. The number of phenolic OH excluding ortho intramolecular Hbond substituents is 1. The fourth-order valence-electron chi connectivity index (χ4n) is 3.65. The van der Waals surface area contributed by atoms with Crippen LogP contribution in [0.5, 0.6) is 5.75 Å². The molecule has 0 atom stereocenters. The van der Waals surface area contributed by atoms with Gasteiger partial charge in [0, 0.05) is 22.6 Å². The van der Waals surface area contributed by atoms with Crippen LogP contribution in [0.3, 0.4) is 0 Å². The van der Waals surface area contributed by atoms with Crippen molar-refractivity contribution in [1.82, 2.24) is 9.78 Å². The molecule has 0 radical (unpaired) electrons.